The summed E-state index contributed by atoms with van der Waals surface area (Å²) in [5.41, 5.74) is 2.45. The Morgan fingerprint density at radius 3 is 2.58 bits per heavy atom. The molecule has 4 nitrogen and oxygen atoms in total. The second kappa shape index (κ2) is 6.11. The Morgan fingerprint density at radius 1 is 1.17 bits per heavy atom. The fourth-order valence-electron chi connectivity index (χ4n) is 3.17. The van der Waals surface area contributed by atoms with Gasteiger partial charge in [-0.3, -0.25) is 4.79 Å². The van der Waals surface area contributed by atoms with E-state index in [2.05, 4.69) is 0 Å². The Hall–Kier alpha value is -2.62. The van der Waals surface area contributed by atoms with Crippen LogP contribution in [0.4, 0.5) is 0 Å². The molecule has 0 aliphatic carbocycles. The molecule has 1 aliphatic heterocycles. The van der Waals surface area contributed by atoms with Crippen LogP contribution in [-0.2, 0) is 22.5 Å². The van der Waals surface area contributed by atoms with E-state index < -0.39 is 11.6 Å². The summed E-state index contributed by atoms with van der Waals surface area (Å²) in [6.07, 6.45) is 0.395. The molecule has 1 atom stereocenters. The molecule has 3 rings (SSSR count). The van der Waals surface area contributed by atoms with Gasteiger partial charge in [-0.25, -0.2) is 4.79 Å². The lowest BCUT2D eigenvalue weighted by molar-refractivity contribution is -0.150. The van der Waals surface area contributed by atoms with E-state index in [1.165, 1.54) is 0 Å². The summed E-state index contributed by atoms with van der Waals surface area (Å²) in [5.74, 6) is -0.620. The average Bonchev–Trinajstić information content (AvgIpc) is 2.56. The van der Waals surface area contributed by atoms with Gasteiger partial charge < -0.3 is 9.64 Å². The predicted octanol–water partition coefficient (Wildman–Crippen LogP) is 3.13. The minimum atomic E-state index is -1.16. The number of aryl methyl sites for hydroxylation is 1. The summed E-state index contributed by atoms with van der Waals surface area (Å²) in [7, 11) is 1.74. The van der Waals surface area contributed by atoms with Gasteiger partial charge in [-0.15, -0.1) is 0 Å². The zero-order chi connectivity index (χ0) is 17.3. The van der Waals surface area contributed by atoms with E-state index in [0.29, 0.717) is 18.5 Å². The van der Waals surface area contributed by atoms with Gasteiger partial charge in [0.25, 0.3) is 5.91 Å². The smallest absolute Gasteiger partial charge is 0.339 e. The maximum absolute atomic E-state index is 12.9. The summed E-state index contributed by atoms with van der Waals surface area (Å²) >= 11 is 0. The van der Waals surface area contributed by atoms with Crippen LogP contribution < -0.4 is 0 Å². The van der Waals surface area contributed by atoms with Crippen molar-refractivity contribution in [3.8, 4) is 0 Å². The molecule has 0 spiro atoms. The maximum atomic E-state index is 12.9. The molecule has 0 N–H and O–H groups in total. The van der Waals surface area contributed by atoms with E-state index >= 15 is 0 Å². The van der Waals surface area contributed by atoms with Crippen molar-refractivity contribution in [1.82, 2.24) is 4.90 Å². The number of esters is 1. The van der Waals surface area contributed by atoms with Crippen molar-refractivity contribution in [2.75, 3.05) is 7.05 Å². The predicted molar refractivity (Wildman–Crippen MR) is 91.6 cm³/mol. The first-order chi connectivity index (χ1) is 11.4. The van der Waals surface area contributed by atoms with Gasteiger partial charge in [0.05, 0.1) is 5.56 Å². The van der Waals surface area contributed by atoms with Crippen LogP contribution >= 0.6 is 0 Å². The quantitative estimate of drug-likeness (QED) is 0.815. The molecular formula is C20H21NO3. The molecule has 1 aliphatic rings. The number of cyclic esters (lactones) is 1. The molecule has 0 radical (unpaired) electrons. The summed E-state index contributed by atoms with van der Waals surface area (Å²) in [4.78, 5) is 26.8. The van der Waals surface area contributed by atoms with Crippen molar-refractivity contribution in [3.63, 3.8) is 0 Å². The Balaban J connectivity index is 1.82. The van der Waals surface area contributed by atoms with Crippen molar-refractivity contribution in [2.24, 2.45) is 0 Å². The Labute approximate surface area is 142 Å². The molecule has 0 fully saturated rings. The molecule has 1 heterocycles. The van der Waals surface area contributed by atoms with Crippen molar-refractivity contribution >= 4 is 11.9 Å². The van der Waals surface area contributed by atoms with Crippen LogP contribution in [0, 0.1) is 6.92 Å². The summed E-state index contributed by atoms with van der Waals surface area (Å²) in [5, 5.41) is 0. The number of hydrogen-bond acceptors (Lipinski definition) is 3. The molecule has 1 amide bonds. The van der Waals surface area contributed by atoms with Crippen LogP contribution in [0.5, 0.6) is 0 Å². The molecule has 2 aromatic carbocycles. The van der Waals surface area contributed by atoms with Crippen LogP contribution in [0.3, 0.4) is 0 Å². The zero-order valence-electron chi connectivity index (χ0n) is 14.2. The summed E-state index contributed by atoms with van der Waals surface area (Å²) < 4.78 is 5.52. The van der Waals surface area contributed by atoms with Crippen LogP contribution in [0.2, 0.25) is 0 Å². The lowest BCUT2D eigenvalue weighted by Crippen LogP contribution is -2.51. The highest BCUT2D eigenvalue weighted by Gasteiger charge is 2.44. The highest BCUT2D eigenvalue weighted by molar-refractivity contribution is 5.97. The first kappa shape index (κ1) is 16.2. The molecule has 4 heteroatoms. The fourth-order valence-corrected chi connectivity index (χ4v) is 3.17. The number of amides is 1. The van der Waals surface area contributed by atoms with Gasteiger partial charge in [-0.2, -0.15) is 0 Å². The van der Waals surface area contributed by atoms with E-state index in [4.69, 9.17) is 4.74 Å². The average molecular weight is 323 g/mol. The number of carbonyl (C=O) groups is 2. The number of likely N-dealkylation sites (N-methyl/N-ethyl adjacent to an activating group) is 1. The van der Waals surface area contributed by atoms with E-state index in [0.717, 1.165) is 16.7 Å². The molecule has 2 aromatic rings. The third-order valence-electron chi connectivity index (χ3n) is 4.55. The Bertz CT molecular complexity index is 799. The van der Waals surface area contributed by atoms with E-state index in [9.17, 15) is 9.59 Å². The molecule has 1 unspecified atom stereocenters. The number of rotatable bonds is 3. The van der Waals surface area contributed by atoms with E-state index in [1.807, 2.05) is 43.3 Å². The van der Waals surface area contributed by atoms with Crippen LogP contribution in [0.25, 0.3) is 0 Å². The first-order valence-electron chi connectivity index (χ1n) is 8.02. The fraction of sp³-hybridized carbons (Fsp3) is 0.300. The molecular weight excluding hydrogens is 302 g/mol. The van der Waals surface area contributed by atoms with Crippen molar-refractivity contribution in [2.45, 2.75) is 32.4 Å². The van der Waals surface area contributed by atoms with Gasteiger partial charge in [0.15, 0.2) is 5.60 Å². The maximum Gasteiger partial charge on any atom is 0.339 e. The number of ether oxygens (including phenoxy) is 1. The highest BCUT2D eigenvalue weighted by Crippen LogP contribution is 2.30. The molecule has 0 aromatic heterocycles. The molecule has 0 saturated carbocycles. The topological polar surface area (TPSA) is 46.6 Å². The largest absolute Gasteiger partial charge is 0.445 e. The van der Waals surface area contributed by atoms with E-state index in [-0.39, 0.29) is 5.91 Å². The van der Waals surface area contributed by atoms with Crippen molar-refractivity contribution in [1.29, 1.82) is 0 Å². The lowest BCUT2D eigenvalue weighted by atomic mass is 9.89. The Kier molecular flexibility index (Phi) is 4.14. The van der Waals surface area contributed by atoms with Gasteiger partial charge in [-0.05, 0) is 36.6 Å². The number of hydrogen-bond donors (Lipinski definition) is 0. The lowest BCUT2D eigenvalue weighted by Gasteiger charge is -2.36. The number of fused-ring (bicyclic) bond motifs is 1. The van der Waals surface area contributed by atoms with Crippen LogP contribution in [0.1, 0.15) is 34.0 Å². The summed E-state index contributed by atoms with van der Waals surface area (Å²) in [6, 6.07) is 15.2. The number of carbonyl (C=O) groups excluding carboxylic acids is 2. The van der Waals surface area contributed by atoms with Gasteiger partial charge in [-0.1, -0.05) is 42.5 Å². The minimum Gasteiger partial charge on any atom is -0.445 e. The Morgan fingerprint density at radius 2 is 1.83 bits per heavy atom. The first-order valence-corrected chi connectivity index (χ1v) is 8.02. The highest BCUT2D eigenvalue weighted by atomic mass is 16.6. The summed E-state index contributed by atoms with van der Waals surface area (Å²) in [6.45, 7) is 4.20. The van der Waals surface area contributed by atoms with Crippen molar-refractivity contribution in [3.05, 3.63) is 70.8 Å². The van der Waals surface area contributed by atoms with Crippen LogP contribution in [0.15, 0.2) is 48.5 Å². The molecule has 24 heavy (non-hydrogen) atoms. The monoisotopic (exact) mass is 323 g/mol. The third kappa shape index (κ3) is 2.92. The van der Waals surface area contributed by atoms with Crippen molar-refractivity contribution < 1.29 is 14.3 Å². The number of benzene rings is 2. The van der Waals surface area contributed by atoms with Crippen LogP contribution in [-0.4, -0.2) is 29.4 Å². The van der Waals surface area contributed by atoms with Gasteiger partial charge in [0.2, 0.25) is 0 Å². The molecule has 0 saturated heterocycles. The van der Waals surface area contributed by atoms with Gasteiger partial charge in [0, 0.05) is 20.0 Å². The number of nitrogens with zero attached hydrogens (tertiary/aromatic N) is 1. The second-order valence-corrected chi connectivity index (χ2v) is 6.54. The standard InChI is InChI=1S/C20H21NO3/c1-14-8-4-5-10-16(14)13-21(3)19(23)20(2)12-15-9-6-7-11-17(15)18(22)24-20/h4-11H,12-13H2,1-3H3. The molecule has 0 bridgehead atoms. The van der Waals surface area contributed by atoms with E-state index in [1.54, 1.807) is 31.0 Å². The minimum absolute atomic E-state index is 0.186. The second-order valence-electron chi connectivity index (χ2n) is 6.54. The SMILES string of the molecule is Cc1ccccc1CN(C)C(=O)C1(C)Cc2ccccc2C(=O)O1. The normalized spacial score (nSPS) is 19.4. The van der Waals surface area contributed by atoms with Gasteiger partial charge >= 0.3 is 5.97 Å². The zero-order valence-corrected chi connectivity index (χ0v) is 14.2. The molecule has 124 valence electrons. The third-order valence-corrected chi connectivity index (χ3v) is 4.55. The van der Waals surface area contributed by atoms with Gasteiger partial charge in [0.1, 0.15) is 0 Å².